The van der Waals surface area contributed by atoms with Gasteiger partial charge in [0.2, 0.25) is 0 Å². The van der Waals surface area contributed by atoms with E-state index in [2.05, 4.69) is 5.16 Å². The number of hydrogen-bond donors (Lipinski definition) is 1. The highest BCUT2D eigenvalue weighted by Crippen LogP contribution is 2.32. The van der Waals surface area contributed by atoms with Gasteiger partial charge < -0.3 is 20.2 Å². The smallest absolute Gasteiger partial charge is 0.263 e. The molecule has 26 heavy (non-hydrogen) atoms. The summed E-state index contributed by atoms with van der Waals surface area (Å²) < 4.78 is 5.70. The molecule has 1 aromatic carbocycles. The second-order valence-electron chi connectivity index (χ2n) is 7.34. The van der Waals surface area contributed by atoms with E-state index in [0.717, 1.165) is 37.5 Å². The summed E-state index contributed by atoms with van der Waals surface area (Å²) in [6.45, 7) is 4.12. The van der Waals surface area contributed by atoms with E-state index in [4.69, 9.17) is 15.3 Å². The normalized spacial score (nSPS) is 21.5. The van der Waals surface area contributed by atoms with Gasteiger partial charge in [-0.1, -0.05) is 23.4 Å². The van der Waals surface area contributed by atoms with Crippen molar-refractivity contribution in [2.24, 2.45) is 16.8 Å². The van der Waals surface area contributed by atoms with Crippen molar-refractivity contribution in [3.05, 3.63) is 30.3 Å². The number of nitrogens with zero attached hydrogens (tertiary/aromatic N) is 2. The second-order valence-corrected chi connectivity index (χ2v) is 7.34. The van der Waals surface area contributed by atoms with Crippen LogP contribution in [0, 0.1) is 5.92 Å². The zero-order chi connectivity index (χ0) is 18.4. The first kappa shape index (κ1) is 18.7. The first-order valence-corrected chi connectivity index (χ1v) is 9.52. The molecule has 3 aliphatic rings. The Bertz CT molecular complexity index is 598. The molecule has 6 heteroatoms. The highest BCUT2D eigenvalue weighted by molar-refractivity contribution is 5.81. The third-order valence-electron chi connectivity index (χ3n) is 5.20. The quantitative estimate of drug-likeness (QED) is 0.896. The van der Waals surface area contributed by atoms with Crippen LogP contribution < -0.4 is 10.5 Å². The van der Waals surface area contributed by atoms with Gasteiger partial charge in [0.1, 0.15) is 11.4 Å². The number of ether oxygens (including phenoxy) is 1. The molecule has 0 radical (unpaired) electrons. The Morgan fingerprint density at radius 2 is 2.04 bits per heavy atom. The second kappa shape index (κ2) is 8.54. The number of benzene rings is 1. The van der Waals surface area contributed by atoms with Gasteiger partial charge in [-0.05, 0) is 44.4 Å². The van der Waals surface area contributed by atoms with Crippen molar-refractivity contribution in [3.63, 3.8) is 0 Å². The summed E-state index contributed by atoms with van der Waals surface area (Å²) in [6.07, 6.45) is 6.63. The molecule has 1 aromatic rings. The minimum atomic E-state index is -0.470. The summed E-state index contributed by atoms with van der Waals surface area (Å²) >= 11 is 0. The molecule has 2 fully saturated rings. The number of oxime groups is 1. The molecular weight excluding hydrogens is 330 g/mol. The average molecular weight is 359 g/mol. The first-order valence-electron chi connectivity index (χ1n) is 9.52. The Labute approximate surface area is 155 Å². The van der Waals surface area contributed by atoms with E-state index in [-0.39, 0.29) is 11.5 Å². The van der Waals surface area contributed by atoms with Crippen LogP contribution >= 0.6 is 0 Å². The molecule has 1 atom stereocenters. The minimum Gasteiger partial charge on any atom is -0.481 e. The summed E-state index contributed by atoms with van der Waals surface area (Å²) in [4.78, 5) is 19.8. The van der Waals surface area contributed by atoms with Crippen LogP contribution in [0.1, 0.15) is 39.0 Å². The monoisotopic (exact) mass is 359 g/mol. The summed E-state index contributed by atoms with van der Waals surface area (Å²) in [7, 11) is 0. The Hall–Kier alpha value is -2.08. The van der Waals surface area contributed by atoms with Gasteiger partial charge in [0.15, 0.2) is 6.10 Å². The van der Waals surface area contributed by atoms with E-state index in [0.29, 0.717) is 13.1 Å². The zero-order valence-electron chi connectivity index (χ0n) is 15.5. The molecule has 6 nitrogen and oxygen atoms in total. The largest absolute Gasteiger partial charge is 0.481 e. The number of amides is 1. The molecule has 0 bridgehead atoms. The Morgan fingerprint density at radius 1 is 1.35 bits per heavy atom. The molecular formula is C20H29N3O3. The predicted molar refractivity (Wildman–Crippen MR) is 101 cm³/mol. The number of para-hydroxylation sites is 1. The standard InChI is InChI=1S/C16H20N2O3.C4H9N/c1-13(20-14-5-3-2-4-6-14)15(19)18-11-8-16(9-12-18)7-10-17-21-16;5-3-4-1-2-4/h2-6,10,13H,7-9,11-12H2,1H3;4H,1-3,5H2. The van der Waals surface area contributed by atoms with Crippen LogP contribution in [0.2, 0.25) is 0 Å². The summed E-state index contributed by atoms with van der Waals surface area (Å²) in [5.74, 6) is 1.67. The van der Waals surface area contributed by atoms with Crippen LogP contribution in [0.25, 0.3) is 0 Å². The fourth-order valence-corrected chi connectivity index (χ4v) is 3.18. The Morgan fingerprint density at radius 3 is 2.54 bits per heavy atom. The molecule has 2 heterocycles. The molecule has 1 saturated carbocycles. The lowest BCUT2D eigenvalue weighted by Gasteiger charge is -2.37. The van der Waals surface area contributed by atoms with Crippen LogP contribution in [-0.4, -0.2) is 48.4 Å². The van der Waals surface area contributed by atoms with Crippen molar-refractivity contribution in [2.45, 2.75) is 50.7 Å². The maximum Gasteiger partial charge on any atom is 0.263 e. The molecule has 1 aliphatic carbocycles. The van der Waals surface area contributed by atoms with Crippen LogP contribution in [0.15, 0.2) is 35.5 Å². The Balaban J connectivity index is 0.000000339. The van der Waals surface area contributed by atoms with Crippen molar-refractivity contribution in [1.82, 2.24) is 4.90 Å². The molecule has 1 saturated heterocycles. The van der Waals surface area contributed by atoms with Gasteiger partial charge in [0.25, 0.3) is 5.91 Å². The van der Waals surface area contributed by atoms with E-state index in [1.54, 1.807) is 6.92 Å². The third kappa shape index (κ3) is 4.97. The van der Waals surface area contributed by atoms with Gasteiger partial charge in [-0.15, -0.1) is 0 Å². The predicted octanol–water partition coefficient (Wildman–Crippen LogP) is 2.58. The van der Waals surface area contributed by atoms with Gasteiger partial charge in [-0.2, -0.15) is 0 Å². The van der Waals surface area contributed by atoms with E-state index >= 15 is 0 Å². The lowest BCUT2D eigenvalue weighted by Crippen LogP contribution is -2.49. The number of carbonyl (C=O) groups excluding carboxylic acids is 1. The number of nitrogens with two attached hydrogens (primary N) is 1. The van der Waals surface area contributed by atoms with Gasteiger partial charge in [-0.3, -0.25) is 4.79 Å². The van der Waals surface area contributed by atoms with Gasteiger partial charge in [-0.25, -0.2) is 0 Å². The van der Waals surface area contributed by atoms with E-state index in [1.165, 1.54) is 12.8 Å². The summed E-state index contributed by atoms with van der Waals surface area (Å²) in [6, 6.07) is 9.44. The molecule has 2 N–H and O–H groups in total. The van der Waals surface area contributed by atoms with Gasteiger partial charge in [0.05, 0.1) is 0 Å². The fourth-order valence-electron chi connectivity index (χ4n) is 3.18. The molecule has 2 aliphatic heterocycles. The van der Waals surface area contributed by atoms with E-state index in [9.17, 15) is 4.79 Å². The molecule has 1 spiro atoms. The third-order valence-corrected chi connectivity index (χ3v) is 5.20. The average Bonchev–Trinajstić information content (AvgIpc) is 3.43. The fraction of sp³-hybridized carbons (Fsp3) is 0.600. The highest BCUT2D eigenvalue weighted by atomic mass is 16.7. The lowest BCUT2D eigenvalue weighted by molar-refractivity contribution is -0.143. The van der Waals surface area contributed by atoms with Crippen LogP contribution in [-0.2, 0) is 9.63 Å². The zero-order valence-corrected chi connectivity index (χ0v) is 15.5. The number of piperidine rings is 1. The van der Waals surface area contributed by atoms with Gasteiger partial charge in [0, 0.05) is 38.6 Å². The minimum absolute atomic E-state index is 0.0348. The van der Waals surface area contributed by atoms with Crippen molar-refractivity contribution in [1.29, 1.82) is 0 Å². The lowest BCUT2D eigenvalue weighted by atomic mass is 9.89. The SMILES string of the molecule is CC(Oc1ccccc1)C(=O)N1CCC2(CC=NO2)CC1.NCC1CC1. The van der Waals surface area contributed by atoms with Crippen LogP contribution in [0.5, 0.6) is 5.75 Å². The van der Waals surface area contributed by atoms with Crippen molar-refractivity contribution < 1.29 is 14.4 Å². The summed E-state index contributed by atoms with van der Waals surface area (Å²) in [5.41, 5.74) is 5.07. The van der Waals surface area contributed by atoms with Crippen molar-refractivity contribution in [3.8, 4) is 5.75 Å². The van der Waals surface area contributed by atoms with Crippen molar-refractivity contribution in [2.75, 3.05) is 19.6 Å². The maximum absolute atomic E-state index is 12.4. The summed E-state index contributed by atoms with van der Waals surface area (Å²) in [5, 5.41) is 3.87. The molecule has 4 rings (SSSR count). The van der Waals surface area contributed by atoms with Crippen molar-refractivity contribution >= 4 is 12.1 Å². The number of rotatable bonds is 4. The number of likely N-dealkylation sites (tertiary alicyclic amines) is 1. The number of hydrogen-bond acceptors (Lipinski definition) is 5. The molecule has 1 amide bonds. The Kier molecular flexibility index (Phi) is 6.14. The number of carbonyl (C=O) groups is 1. The van der Waals surface area contributed by atoms with E-state index < -0.39 is 6.10 Å². The molecule has 142 valence electrons. The van der Waals surface area contributed by atoms with Gasteiger partial charge >= 0.3 is 0 Å². The molecule has 1 unspecified atom stereocenters. The first-order chi connectivity index (χ1) is 12.6. The highest BCUT2D eigenvalue weighted by Gasteiger charge is 2.40. The van der Waals surface area contributed by atoms with Crippen LogP contribution in [0.3, 0.4) is 0 Å². The molecule has 0 aromatic heterocycles. The topological polar surface area (TPSA) is 77.1 Å². The van der Waals surface area contributed by atoms with Crippen LogP contribution in [0.4, 0.5) is 0 Å². The maximum atomic E-state index is 12.4. The van der Waals surface area contributed by atoms with E-state index in [1.807, 2.05) is 41.4 Å².